The first-order valence-electron chi connectivity index (χ1n) is 5.30. The van der Waals surface area contributed by atoms with Crippen molar-refractivity contribution in [2.75, 3.05) is 5.32 Å². The highest BCUT2D eigenvalue weighted by Gasteiger charge is 2.09. The Morgan fingerprint density at radius 2 is 2.20 bits per heavy atom. The molecule has 0 aliphatic heterocycles. The summed E-state index contributed by atoms with van der Waals surface area (Å²) in [6.07, 6.45) is 3.20. The maximum absolute atomic E-state index is 10.4. The Labute approximate surface area is 90.9 Å². The highest BCUT2D eigenvalue weighted by atomic mass is 16.1. The van der Waals surface area contributed by atoms with Crippen LogP contribution in [-0.2, 0) is 4.79 Å². The zero-order chi connectivity index (χ0) is 11.3. The van der Waals surface area contributed by atoms with Gasteiger partial charge in [-0.2, -0.15) is 0 Å². The maximum atomic E-state index is 10.4. The van der Waals surface area contributed by atoms with Gasteiger partial charge >= 0.3 is 0 Å². The van der Waals surface area contributed by atoms with Crippen molar-refractivity contribution in [2.24, 2.45) is 0 Å². The van der Waals surface area contributed by atoms with Crippen molar-refractivity contribution in [2.45, 2.75) is 39.2 Å². The molecule has 0 radical (unpaired) electrons. The largest absolute Gasteiger partial charge is 0.367 e. The molecule has 1 N–H and O–H groups in total. The van der Waals surface area contributed by atoms with Crippen LogP contribution in [0.25, 0.3) is 0 Å². The number of hydrogen-bond donors (Lipinski definition) is 1. The average molecular weight is 206 g/mol. The standard InChI is InChI=1S/C12H18N2O/c1-9(2)11-5-4-7-13-12(11)14-10(3)6-8-15/h4-5,7-10H,6H2,1-3H3,(H,13,14). The van der Waals surface area contributed by atoms with Gasteiger partial charge in [0.1, 0.15) is 12.1 Å². The molecule has 0 saturated heterocycles. The SMILES string of the molecule is CC(CC=O)Nc1ncccc1C(C)C. The minimum Gasteiger partial charge on any atom is -0.367 e. The number of nitrogens with zero attached hydrogens (tertiary/aromatic N) is 1. The molecule has 0 fully saturated rings. The van der Waals surface area contributed by atoms with Gasteiger partial charge in [-0.3, -0.25) is 0 Å². The predicted octanol–water partition coefficient (Wildman–Crippen LogP) is 2.59. The lowest BCUT2D eigenvalue weighted by atomic mass is 10.0. The van der Waals surface area contributed by atoms with E-state index in [2.05, 4.69) is 30.2 Å². The van der Waals surface area contributed by atoms with E-state index in [-0.39, 0.29) is 6.04 Å². The minimum atomic E-state index is 0.134. The fourth-order valence-electron chi connectivity index (χ4n) is 1.44. The van der Waals surface area contributed by atoms with E-state index in [1.807, 2.05) is 13.0 Å². The highest BCUT2D eigenvalue weighted by molar-refractivity contribution is 5.53. The smallest absolute Gasteiger partial charge is 0.129 e. The first-order valence-corrected chi connectivity index (χ1v) is 5.30. The molecule has 1 atom stereocenters. The van der Waals surface area contributed by atoms with Gasteiger partial charge in [-0.05, 0) is 24.5 Å². The summed E-state index contributed by atoms with van der Waals surface area (Å²) in [6, 6.07) is 4.13. The predicted molar refractivity (Wildman–Crippen MR) is 62.1 cm³/mol. The number of aromatic nitrogens is 1. The lowest BCUT2D eigenvalue weighted by Gasteiger charge is -2.16. The quantitative estimate of drug-likeness (QED) is 0.753. The Bertz CT molecular complexity index is 323. The molecule has 0 aromatic carbocycles. The van der Waals surface area contributed by atoms with Crippen LogP contribution in [0, 0.1) is 0 Å². The van der Waals surface area contributed by atoms with Crippen molar-refractivity contribution in [3.63, 3.8) is 0 Å². The molecule has 15 heavy (non-hydrogen) atoms. The molecule has 0 aliphatic rings. The van der Waals surface area contributed by atoms with Gasteiger partial charge in [0.2, 0.25) is 0 Å². The summed E-state index contributed by atoms with van der Waals surface area (Å²) in [5.74, 6) is 1.33. The number of carbonyl (C=O) groups excluding carboxylic acids is 1. The van der Waals surface area contributed by atoms with Gasteiger partial charge < -0.3 is 10.1 Å². The number of carbonyl (C=O) groups is 1. The molecule has 1 heterocycles. The molecule has 1 aromatic heterocycles. The van der Waals surface area contributed by atoms with Crippen molar-refractivity contribution in [3.8, 4) is 0 Å². The molecule has 0 saturated carbocycles. The molecule has 1 unspecified atom stereocenters. The second kappa shape index (κ2) is 5.49. The van der Waals surface area contributed by atoms with Crippen LogP contribution in [0.2, 0.25) is 0 Å². The summed E-state index contributed by atoms with van der Waals surface area (Å²) in [7, 11) is 0. The van der Waals surface area contributed by atoms with Crippen LogP contribution in [-0.4, -0.2) is 17.3 Å². The van der Waals surface area contributed by atoms with E-state index < -0.39 is 0 Å². The lowest BCUT2D eigenvalue weighted by Crippen LogP contribution is -2.17. The Morgan fingerprint density at radius 1 is 1.47 bits per heavy atom. The average Bonchev–Trinajstić information content (AvgIpc) is 2.18. The third-order valence-corrected chi connectivity index (χ3v) is 2.29. The first kappa shape index (κ1) is 11.7. The lowest BCUT2D eigenvalue weighted by molar-refractivity contribution is -0.107. The van der Waals surface area contributed by atoms with Crippen molar-refractivity contribution in [1.82, 2.24) is 4.98 Å². The van der Waals surface area contributed by atoms with E-state index in [4.69, 9.17) is 0 Å². The third kappa shape index (κ3) is 3.35. The molecule has 82 valence electrons. The molecule has 1 rings (SSSR count). The first-order chi connectivity index (χ1) is 7.15. The van der Waals surface area contributed by atoms with Crippen LogP contribution in [0.5, 0.6) is 0 Å². The molecule has 3 heteroatoms. The van der Waals surface area contributed by atoms with Gasteiger partial charge in [0, 0.05) is 18.7 Å². The molecule has 3 nitrogen and oxygen atoms in total. The third-order valence-electron chi connectivity index (χ3n) is 2.29. The van der Waals surface area contributed by atoms with Crippen LogP contribution >= 0.6 is 0 Å². The summed E-state index contributed by atoms with van der Waals surface area (Å²) < 4.78 is 0. The number of pyridine rings is 1. The van der Waals surface area contributed by atoms with Crippen LogP contribution < -0.4 is 5.32 Å². The second-order valence-corrected chi connectivity index (χ2v) is 4.04. The molecule has 0 aliphatic carbocycles. The zero-order valence-electron chi connectivity index (χ0n) is 9.53. The van der Waals surface area contributed by atoms with Crippen molar-refractivity contribution in [1.29, 1.82) is 0 Å². The van der Waals surface area contributed by atoms with Gasteiger partial charge in [0.05, 0.1) is 0 Å². The fourth-order valence-corrected chi connectivity index (χ4v) is 1.44. The van der Waals surface area contributed by atoms with Gasteiger partial charge in [0.25, 0.3) is 0 Å². The Balaban J connectivity index is 2.79. The number of nitrogens with one attached hydrogen (secondary N) is 1. The molecular weight excluding hydrogens is 188 g/mol. The molecule has 0 amide bonds. The van der Waals surface area contributed by atoms with Crippen molar-refractivity contribution in [3.05, 3.63) is 23.9 Å². The summed E-state index contributed by atoms with van der Waals surface area (Å²) in [5, 5.41) is 3.25. The summed E-state index contributed by atoms with van der Waals surface area (Å²) >= 11 is 0. The van der Waals surface area contributed by atoms with Crippen LogP contribution in [0.3, 0.4) is 0 Å². The topological polar surface area (TPSA) is 42.0 Å². The van der Waals surface area contributed by atoms with Crippen molar-refractivity contribution < 1.29 is 4.79 Å². The van der Waals surface area contributed by atoms with Gasteiger partial charge in [-0.1, -0.05) is 19.9 Å². The number of aldehydes is 1. The van der Waals surface area contributed by atoms with E-state index in [0.29, 0.717) is 12.3 Å². The highest BCUT2D eigenvalue weighted by Crippen LogP contribution is 2.21. The Hall–Kier alpha value is -1.38. The summed E-state index contributed by atoms with van der Waals surface area (Å²) in [4.78, 5) is 14.7. The zero-order valence-corrected chi connectivity index (χ0v) is 9.53. The Morgan fingerprint density at radius 3 is 2.80 bits per heavy atom. The molecule has 0 bridgehead atoms. The second-order valence-electron chi connectivity index (χ2n) is 4.04. The summed E-state index contributed by atoms with van der Waals surface area (Å²) in [5.41, 5.74) is 1.19. The van der Waals surface area contributed by atoms with Crippen LogP contribution in [0.15, 0.2) is 18.3 Å². The normalized spacial score (nSPS) is 12.5. The van der Waals surface area contributed by atoms with E-state index in [9.17, 15) is 4.79 Å². The molecule has 0 spiro atoms. The number of anilines is 1. The van der Waals surface area contributed by atoms with Crippen LogP contribution in [0.1, 0.15) is 38.7 Å². The maximum Gasteiger partial charge on any atom is 0.129 e. The summed E-state index contributed by atoms with van der Waals surface area (Å²) in [6.45, 7) is 6.24. The molecule has 1 aromatic rings. The van der Waals surface area contributed by atoms with Gasteiger partial charge in [0.15, 0.2) is 0 Å². The van der Waals surface area contributed by atoms with Crippen molar-refractivity contribution >= 4 is 12.1 Å². The Kier molecular flexibility index (Phi) is 4.28. The van der Waals surface area contributed by atoms with E-state index in [1.54, 1.807) is 6.20 Å². The van der Waals surface area contributed by atoms with Gasteiger partial charge in [-0.15, -0.1) is 0 Å². The fraction of sp³-hybridized carbons (Fsp3) is 0.500. The van der Waals surface area contributed by atoms with E-state index in [1.165, 1.54) is 5.56 Å². The number of rotatable bonds is 5. The van der Waals surface area contributed by atoms with Crippen LogP contribution in [0.4, 0.5) is 5.82 Å². The number of hydrogen-bond acceptors (Lipinski definition) is 3. The van der Waals surface area contributed by atoms with E-state index in [0.717, 1.165) is 12.1 Å². The molecular formula is C12H18N2O. The monoisotopic (exact) mass is 206 g/mol. The minimum absolute atomic E-state index is 0.134. The van der Waals surface area contributed by atoms with E-state index >= 15 is 0 Å². The van der Waals surface area contributed by atoms with Gasteiger partial charge in [-0.25, -0.2) is 4.98 Å².